The van der Waals surface area contributed by atoms with Crippen molar-refractivity contribution >= 4 is 27.3 Å². The van der Waals surface area contributed by atoms with Gasteiger partial charge < -0.3 is 10.2 Å². The van der Waals surface area contributed by atoms with E-state index in [0.29, 0.717) is 17.6 Å². The summed E-state index contributed by atoms with van der Waals surface area (Å²) in [4.78, 5) is 13.0. The summed E-state index contributed by atoms with van der Waals surface area (Å²) < 4.78 is 0.784. The molecule has 5 nitrogen and oxygen atoms in total. The Morgan fingerprint density at radius 3 is 2.76 bits per heavy atom. The van der Waals surface area contributed by atoms with E-state index in [2.05, 4.69) is 40.0 Å². The van der Waals surface area contributed by atoms with Crippen LogP contribution in [-0.4, -0.2) is 30.1 Å². The van der Waals surface area contributed by atoms with Crippen molar-refractivity contribution < 1.29 is 4.92 Å². The minimum absolute atomic E-state index is 0.160. The number of nitro benzene ring substituents is 1. The Hall–Kier alpha value is -1.14. The van der Waals surface area contributed by atoms with Gasteiger partial charge >= 0.3 is 0 Å². The quantitative estimate of drug-likeness (QED) is 0.647. The van der Waals surface area contributed by atoms with Gasteiger partial charge in [-0.25, -0.2) is 0 Å². The number of nitrogens with zero attached hydrogens (tertiary/aromatic N) is 2. The van der Waals surface area contributed by atoms with Crippen molar-refractivity contribution in [2.45, 2.75) is 45.7 Å². The molecule has 116 valence electrons. The fourth-order valence-electron chi connectivity index (χ4n) is 2.81. The lowest BCUT2D eigenvalue weighted by Crippen LogP contribution is -2.41. The van der Waals surface area contributed by atoms with Crippen LogP contribution in [0.4, 0.5) is 11.4 Å². The van der Waals surface area contributed by atoms with E-state index in [1.807, 2.05) is 6.07 Å². The molecular formula is C15H22BrN3O2. The maximum atomic E-state index is 11.0. The van der Waals surface area contributed by atoms with Crippen LogP contribution in [0.25, 0.3) is 0 Å². The Kier molecular flexibility index (Phi) is 5.22. The van der Waals surface area contributed by atoms with Crippen LogP contribution in [0, 0.1) is 17.0 Å². The molecule has 0 aromatic heterocycles. The minimum atomic E-state index is -0.331. The molecule has 21 heavy (non-hydrogen) atoms. The molecule has 0 aliphatic carbocycles. The Bertz CT molecular complexity index is 528. The van der Waals surface area contributed by atoms with Crippen molar-refractivity contribution in [2.24, 2.45) is 0 Å². The fraction of sp³-hybridized carbons (Fsp3) is 0.600. The third kappa shape index (κ3) is 3.74. The van der Waals surface area contributed by atoms with E-state index in [1.165, 1.54) is 12.8 Å². The van der Waals surface area contributed by atoms with Gasteiger partial charge in [-0.05, 0) is 62.2 Å². The van der Waals surface area contributed by atoms with Crippen molar-refractivity contribution in [1.29, 1.82) is 0 Å². The lowest BCUT2D eigenvalue weighted by Gasteiger charge is -2.32. The van der Waals surface area contributed by atoms with E-state index in [9.17, 15) is 10.1 Å². The predicted octanol–water partition coefficient (Wildman–Crippen LogP) is 3.63. The maximum absolute atomic E-state index is 11.0. The molecule has 1 N–H and O–H groups in total. The van der Waals surface area contributed by atoms with Crippen molar-refractivity contribution in [3.05, 3.63) is 32.3 Å². The molecule has 0 spiro atoms. The molecule has 1 saturated heterocycles. The maximum Gasteiger partial charge on any atom is 0.273 e. The molecule has 1 fully saturated rings. The van der Waals surface area contributed by atoms with E-state index >= 15 is 0 Å². The van der Waals surface area contributed by atoms with Crippen LogP contribution in [0.5, 0.6) is 0 Å². The van der Waals surface area contributed by atoms with Gasteiger partial charge in [0.25, 0.3) is 5.69 Å². The Morgan fingerprint density at radius 2 is 2.24 bits per heavy atom. The number of rotatable bonds is 5. The third-order valence-electron chi connectivity index (χ3n) is 3.97. The molecule has 0 radical (unpaired) electrons. The molecular weight excluding hydrogens is 334 g/mol. The first-order chi connectivity index (χ1) is 9.90. The average Bonchev–Trinajstić information content (AvgIpc) is 2.91. The zero-order valence-corrected chi connectivity index (χ0v) is 14.3. The molecule has 1 aromatic rings. The van der Waals surface area contributed by atoms with E-state index in [0.717, 1.165) is 23.2 Å². The van der Waals surface area contributed by atoms with Crippen LogP contribution < -0.4 is 10.2 Å². The molecule has 1 aliphatic heterocycles. The number of benzene rings is 1. The van der Waals surface area contributed by atoms with Gasteiger partial charge in [0.15, 0.2) is 0 Å². The molecule has 0 amide bonds. The van der Waals surface area contributed by atoms with Gasteiger partial charge in [-0.2, -0.15) is 0 Å². The molecule has 0 bridgehead atoms. The number of aryl methyl sites for hydroxylation is 1. The van der Waals surface area contributed by atoms with Crippen LogP contribution in [-0.2, 0) is 0 Å². The van der Waals surface area contributed by atoms with Crippen molar-refractivity contribution in [3.63, 3.8) is 0 Å². The highest BCUT2D eigenvalue weighted by Crippen LogP contribution is 2.34. The van der Waals surface area contributed by atoms with Gasteiger partial charge in [-0.15, -0.1) is 0 Å². The molecule has 1 heterocycles. The number of hydrogen-bond donors (Lipinski definition) is 1. The van der Waals surface area contributed by atoms with Gasteiger partial charge in [0, 0.05) is 34.7 Å². The summed E-state index contributed by atoms with van der Waals surface area (Å²) in [5, 5.41) is 14.5. The molecule has 1 atom stereocenters. The van der Waals surface area contributed by atoms with Gasteiger partial charge in [-0.1, -0.05) is 0 Å². The SMILES string of the molecule is Cc1cc(N(CC2CCCN2)C(C)C)c(Br)cc1[N+](=O)[O-]. The Labute approximate surface area is 134 Å². The molecule has 1 aromatic carbocycles. The molecule has 0 saturated carbocycles. The van der Waals surface area contributed by atoms with Crippen LogP contribution in [0.3, 0.4) is 0 Å². The number of anilines is 1. The molecule has 6 heteroatoms. The summed E-state index contributed by atoms with van der Waals surface area (Å²) in [6.45, 7) is 8.10. The summed E-state index contributed by atoms with van der Waals surface area (Å²) in [5.41, 5.74) is 1.89. The normalized spacial score (nSPS) is 18.2. The summed E-state index contributed by atoms with van der Waals surface area (Å²) in [6.07, 6.45) is 2.41. The van der Waals surface area contributed by atoms with Gasteiger partial charge in [0.05, 0.1) is 10.6 Å². The smallest absolute Gasteiger partial charge is 0.273 e. The zero-order chi connectivity index (χ0) is 15.6. The summed E-state index contributed by atoms with van der Waals surface area (Å²) >= 11 is 3.50. The van der Waals surface area contributed by atoms with Gasteiger partial charge in [0.2, 0.25) is 0 Å². The van der Waals surface area contributed by atoms with Gasteiger partial charge in [-0.3, -0.25) is 10.1 Å². The first-order valence-corrected chi connectivity index (χ1v) is 8.14. The highest BCUT2D eigenvalue weighted by atomic mass is 79.9. The number of nitrogens with one attached hydrogen (secondary N) is 1. The minimum Gasteiger partial charge on any atom is -0.367 e. The zero-order valence-electron chi connectivity index (χ0n) is 12.7. The molecule has 1 aliphatic rings. The predicted molar refractivity (Wildman–Crippen MR) is 89.0 cm³/mol. The van der Waals surface area contributed by atoms with Crippen LogP contribution in [0.2, 0.25) is 0 Å². The molecule has 2 rings (SSSR count). The van der Waals surface area contributed by atoms with Gasteiger partial charge in [0.1, 0.15) is 0 Å². The van der Waals surface area contributed by atoms with Crippen LogP contribution in [0.1, 0.15) is 32.3 Å². The van der Waals surface area contributed by atoms with Crippen molar-refractivity contribution in [1.82, 2.24) is 5.32 Å². The Morgan fingerprint density at radius 1 is 1.52 bits per heavy atom. The second kappa shape index (κ2) is 6.75. The lowest BCUT2D eigenvalue weighted by atomic mass is 10.1. The van der Waals surface area contributed by atoms with E-state index in [4.69, 9.17) is 0 Å². The van der Waals surface area contributed by atoms with E-state index < -0.39 is 0 Å². The third-order valence-corrected chi connectivity index (χ3v) is 4.61. The first-order valence-electron chi connectivity index (χ1n) is 7.34. The van der Waals surface area contributed by atoms with Crippen molar-refractivity contribution in [3.8, 4) is 0 Å². The van der Waals surface area contributed by atoms with Crippen LogP contribution in [0.15, 0.2) is 16.6 Å². The lowest BCUT2D eigenvalue weighted by molar-refractivity contribution is -0.385. The second-order valence-corrected chi connectivity index (χ2v) is 6.74. The van der Waals surface area contributed by atoms with E-state index in [1.54, 1.807) is 13.0 Å². The highest BCUT2D eigenvalue weighted by Gasteiger charge is 2.23. The topological polar surface area (TPSA) is 58.4 Å². The number of halogens is 1. The summed E-state index contributed by atoms with van der Waals surface area (Å²) in [7, 11) is 0. The average molecular weight is 356 g/mol. The monoisotopic (exact) mass is 355 g/mol. The molecule has 1 unspecified atom stereocenters. The number of hydrogen-bond acceptors (Lipinski definition) is 4. The summed E-state index contributed by atoms with van der Waals surface area (Å²) in [6, 6.07) is 4.36. The van der Waals surface area contributed by atoms with Crippen molar-refractivity contribution in [2.75, 3.05) is 18.0 Å². The first kappa shape index (κ1) is 16.2. The fourth-order valence-corrected chi connectivity index (χ4v) is 3.37. The highest BCUT2D eigenvalue weighted by molar-refractivity contribution is 9.10. The van der Waals surface area contributed by atoms with Crippen LogP contribution >= 0.6 is 15.9 Å². The largest absolute Gasteiger partial charge is 0.367 e. The standard InChI is InChI=1S/C15H22BrN3O2/c1-10(2)18(9-12-5-4-6-17-12)15-7-11(3)14(19(20)21)8-13(15)16/h7-8,10,12,17H,4-6,9H2,1-3H3. The second-order valence-electron chi connectivity index (χ2n) is 5.89. The number of nitro groups is 1. The summed E-state index contributed by atoms with van der Waals surface area (Å²) in [5.74, 6) is 0. The van der Waals surface area contributed by atoms with E-state index in [-0.39, 0.29) is 10.6 Å². The Balaban J connectivity index is 2.31.